The molecule has 3 nitrogen and oxygen atoms in total. The molecule has 1 saturated carbocycles. The van der Waals surface area contributed by atoms with Crippen molar-refractivity contribution in [2.24, 2.45) is 4.99 Å². The molecule has 4 heteroatoms. The number of hydrogen-bond acceptors (Lipinski definition) is 3. The van der Waals surface area contributed by atoms with Gasteiger partial charge in [0.25, 0.3) is 0 Å². The molecule has 86 valence electrons. The van der Waals surface area contributed by atoms with Crippen LogP contribution in [0.3, 0.4) is 0 Å². The molecule has 2 aliphatic rings. The summed E-state index contributed by atoms with van der Waals surface area (Å²) >= 11 is 1.82. The standard InChI is InChI=1S/C11H20N2OS/c1-9-8-15-11(13-9)12-6-7-14-10-4-2-3-5-10/h9-10H,2-8H2,1H3,(H,12,13). The molecule has 2 rings (SSSR count). The fourth-order valence-corrected chi connectivity index (χ4v) is 2.97. The summed E-state index contributed by atoms with van der Waals surface area (Å²) in [5, 5.41) is 4.43. The third-order valence-corrected chi connectivity index (χ3v) is 4.03. The van der Waals surface area contributed by atoms with Gasteiger partial charge in [-0.2, -0.15) is 0 Å². The van der Waals surface area contributed by atoms with E-state index in [1.165, 1.54) is 25.7 Å². The average Bonchev–Trinajstić information content (AvgIpc) is 2.84. The zero-order chi connectivity index (χ0) is 10.5. The van der Waals surface area contributed by atoms with Crippen molar-refractivity contribution in [3.05, 3.63) is 0 Å². The van der Waals surface area contributed by atoms with Crippen LogP contribution in [0.2, 0.25) is 0 Å². The van der Waals surface area contributed by atoms with E-state index in [1.54, 1.807) is 0 Å². The molecule has 1 unspecified atom stereocenters. The zero-order valence-electron chi connectivity index (χ0n) is 9.37. The number of rotatable bonds is 4. The van der Waals surface area contributed by atoms with Crippen molar-refractivity contribution < 1.29 is 4.74 Å². The number of hydrogen-bond donors (Lipinski definition) is 1. The van der Waals surface area contributed by atoms with Gasteiger partial charge in [0.15, 0.2) is 5.17 Å². The Hall–Kier alpha value is -0.220. The number of nitrogens with one attached hydrogen (secondary N) is 1. The topological polar surface area (TPSA) is 33.6 Å². The van der Waals surface area contributed by atoms with Crippen LogP contribution in [0.25, 0.3) is 0 Å². The maximum atomic E-state index is 5.75. The lowest BCUT2D eigenvalue weighted by Gasteiger charge is -2.09. The maximum Gasteiger partial charge on any atom is 0.156 e. The van der Waals surface area contributed by atoms with Gasteiger partial charge in [0.2, 0.25) is 0 Å². The molecule has 1 heterocycles. The summed E-state index contributed by atoms with van der Waals surface area (Å²) in [5.41, 5.74) is 0. The SMILES string of the molecule is CC1CSC(=NCCOC2CCCC2)N1. The molecule has 0 aromatic heterocycles. The van der Waals surface area contributed by atoms with Crippen LogP contribution >= 0.6 is 11.8 Å². The van der Waals surface area contributed by atoms with Gasteiger partial charge >= 0.3 is 0 Å². The van der Waals surface area contributed by atoms with Crippen LogP contribution in [-0.4, -0.2) is 36.2 Å². The number of aliphatic imine (C=N–C) groups is 1. The van der Waals surface area contributed by atoms with E-state index in [0.717, 1.165) is 24.1 Å². The van der Waals surface area contributed by atoms with E-state index in [0.29, 0.717) is 12.1 Å². The van der Waals surface area contributed by atoms with Crippen molar-refractivity contribution >= 4 is 16.9 Å². The first-order chi connectivity index (χ1) is 7.34. The maximum absolute atomic E-state index is 5.75. The predicted octanol–water partition coefficient (Wildman–Crippen LogP) is 2.03. The Morgan fingerprint density at radius 3 is 2.93 bits per heavy atom. The lowest BCUT2D eigenvalue weighted by Crippen LogP contribution is -2.23. The highest BCUT2D eigenvalue weighted by Gasteiger charge is 2.16. The second-order valence-electron chi connectivity index (χ2n) is 4.32. The highest BCUT2D eigenvalue weighted by molar-refractivity contribution is 8.14. The van der Waals surface area contributed by atoms with Crippen molar-refractivity contribution in [1.29, 1.82) is 0 Å². The lowest BCUT2D eigenvalue weighted by molar-refractivity contribution is 0.0644. The lowest BCUT2D eigenvalue weighted by atomic mass is 10.3. The minimum Gasteiger partial charge on any atom is -0.376 e. The minimum absolute atomic E-state index is 0.522. The highest BCUT2D eigenvalue weighted by Crippen LogP contribution is 2.20. The van der Waals surface area contributed by atoms with Crippen LogP contribution in [0.1, 0.15) is 32.6 Å². The van der Waals surface area contributed by atoms with Gasteiger partial charge in [-0.15, -0.1) is 0 Å². The van der Waals surface area contributed by atoms with E-state index in [1.807, 2.05) is 11.8 Å². The van der Waals surface area contributed by atoms with Crippen LogP contribution in [0, 0.1) is 0 Å². The van der Waals surface area contributed by atoms with Gasteiger partial charge in [0.05, 0.1) is 19.3 Å². The van der Waals surface area contributed by atoms with Crippen molar-refractivity contribution in [3.8, 4) is 0 Å². The van der Waals surface area contributed by atoms with E-state index in [4.69, 9.17) is 4.74 Å². The molecule has 1 aliphatic heterocycles. The molecular weight excluding hydrogens is 208 g/mol. The van der Waals surface area contributed by atoms with Crippen molar-refractivity contribution in [2.75, 3.05) is 18.9 Å². The van der Waals surface area contributed by atoms with Crippen LogP contribution in [0.4, 0.5) is 0 Å². The fraction of sp³-hybridized carbons (Fsp3) is 0.909. The Bertz CT molecular complexity index is 227. The molecule has 1 N–H and O–H groups in total. The first-order valence-corrected chi connectivity index (χ1v) is 6.88. The summed E-state index contributed by atoms with van der Waals surface area (Å²) in [7, 11) is 0. The average molecular weight is 228 g/mol. The summed E-state index contributed by atoms with van der Waals surface area (Å²) in [4.78, 5) is 4.48. The largest absolute Gasteiger partial charge is 0.376 e. The Labute approximate surface area is 96.1 Å². The van der Waals surface area contributed by atoms with Crippen molar-refractivity contribution in [2.45, 2.75) is 44.8 Å². The number of thioether (sulfide) groups is 1. The number of nitrogens with zero attached hydrogens (tertiary/aromatic N) is 1. The second kappa shape index (κ2) is 5.75. The Balaban J connectivity index is 1.58. The monoisotopic (exact) mass is 228 g/mol. The van der Waals surface area contributed by atoms with Crippen LogP contribution in [0.5, 0.6) is 0 Å². The molecule has 0 aromatic rings. The smallest absolute Gasteiger partial charge is 0.156 e. The van der Waals surface area contributed by atoms with Crippen LogP contribution < -0.4 is 5.32 Å². The molecule has 15 heavy (non-hydrogen) atoms. The molecule has 0 spiro atoms. The number of amidine groups is 1. The summed E-state index contributed by atoms with van der Waals surface area (Å²) < 4.78 is 5.75. The second-order valence-corrected chi connectivity index (χ2v) is 5.33. The zero-order valence-corrected chi connectivity index (χ0v) is 10.2. The van der Waals surface area contributed by atoms with Gasteiger partial charge in [0, 0.05) is 11.8 Å². The van der Waals surface area contributed by atoms with Gasteiger partial charge in [-0.1, -0.05) is 24.6 Å². The Morgan fingerprint density at radius 1 is 1.47 bits per heavy atom. The molecule has 1 saturated heterocycles. The third kappa shape index (κ3) is 3.68. The third-order valence-electron chi connectivity index (χ3n) is 2.84. The summed E-state index contributed by atoms with van der Waals surface area (Å²) in [6, 6.07) is 0.574. The molecule has 1 aliphatic carbocycles. The molecule has 0 bridgehead atoms. The summed E-state index contributed by atoms with van der Waals surface area (Å²) in [6.07, 6.45) is 5.71. The van der Waals surface area contributed by atoms with Crippen LogP contribution in [-0.2, 0) is 4.74 Å². The minimum atomic E-state index is 0.522. The predicted molar refractivity (Wildman–Crippen MR) is 65.6 cm³/mol. The molecule has 0 radical (unpaired) electrons. The first kappa shape index (κ1) is 11.3. The molecule has 0 aromatic carbocycles. The van der Waals surface area contributed by atoms with E-state index >= 15 is 0 Å². The molecule has 2 fully saturated rings. The fourth-order valence-electron chi connectivity index (χ4n) is 2.01. The van der Waals surface area contributed by atoms with E-state index in [2.05, 4.69) is 17.2 Å². The van der Waals surface area contributed by atoms with Gasteiger partial charge in [-0.25, -0.2) is 0 Å². The summed E-state index contributed by atoms with van der Waals surface area (Å²) in [5.74, 6) is 1.14. The quantitative estimate of drug-likeness (QED) is 0.748. The number of ether oxygens (including phenoxy) is 1. The van der Waals surface area contributed by atoms with E-state index in [-0.39, 0.29) is 0 Å². The molecule has 1 atom stereocenters. The van der Waals surface area contributed by atoms with Gasteiger partial charge < -0.3 is 10.1 Å². The van der Waals surface area contributed by atoms with Crippen LogP contribution in [0.15, 0.2) is 4.99 Å². The normalized spacial score (nSPS) is 29.9. The van der Waals surface area contributed by atoms with Gasteiger partial charge in [-0.3, -0.25) is 4.99 Å². The molecule has 0 amide bonds. The summed E-state index contributed by atoms with van der Waals surface area (Å²) in [6.45, 7) is 3.77. The first-order valence-electron chi connectivity index (χ1n) is 5.90. The van der Waals surface area contributed by atoms with Gasteiger partial charge in [-0.05, 0) is 19.8 Å². The Kier molecular flexibility index (Phi) is 4.32. The van der Waals surface area contributed by atoms with Crippen molar-refractivity contribution in [3.63, 3.8) is 0 Å². The Morgan fingerprint density at radius 2 is 2.27 bits per heavy atom. The van der Waals surface area contributed by atoms with E-state index in [9.17, 15) is 0 Å². The van der Waals surface area contributed by atoms with Gasteiger partial charge in [0.1, 0.15) is 0 Å². The highest BCUT2D eigenvalue weighted by atomic mass is 32.2. The van der Waals surface area contributed by atoms with Crippen molar-refractivity contribution in [1.82, 2.24) is 5.32 Å². The molecular formula is C11H20N2OS. The van der Waals surface area contributed by atoms with E-state index < -0.39 is 0 Å².